The van der Waals surface area contributed by atoms with E-state index in [1.807, 2.05) is 19.1 Å². The van der Waals surface area contributed by atoms with Crippen molar-refractivity contribution in [2.45, 2.75) is 26.3 Å². The van der Waals surface area contributed by atoms with Crippen LogP contribution in [0.15, 0.2) is 18.2 Å². The molecular weight excluding hydrogens is 202 g/mol. The zero-order chi connectivity index (χ0) is 12.0. The van der Waals surface area contributed by atoms with Gasteiger partial charge >= 0.3 is 0 Å². The van der Waals surface area contributed by atoms with E-state index in [0.717, 1.165) is 30.0 Å². The Bertz CT molecular complexity index is 326. The average Bonchev–Trinajstić information content (AvgIpc) is 2.28. The second-order valence-electron chi connectivity index (χ2n) is 3.89. The summed E-state index contributed by atoms with van der Waals surface area (Å²) >= 11 is 0. The third-order valence-corrected chi connectivity index (χ3v) is 2.63. The van der Waals surface area contributed by atoms with Gasteiger partial charge in [-0.2, -0.15) is 0 Å². The number of rotatable bonds is 6. The molecule has 0 spiro atoms. The molecule has 0 fully saturated rings. The molecule has 90 valence electrons. The molecule has 3 nitrogen and oxygen atoms in total. The summed E-state index contributed by atoms with van der Waals surface area (Å²) in [6, 6.07) is 6.47. The highest BCUT2D eigenvalue weighted by Crippen LogP contribution is 2.22. The second-order valence-corrected chi connectivity index (χ2v) is 3.89. The van der Waals surface area contributed by atoms with Crippen LogP contribution in [0.1, 0.15) is 18.9 Å². The molecule has 0 aliphatic heterocycles. The molecule has 0 saturated heterocycles. The third-order valence-electron chi connectivity index (χ3n) is 2.63. The summed E-state index contributed by atoms with van der Waals surface area (Å²) in [5.41, 5.74) is 2.25. The quantitative estimate of drug-likeness (QED) is 0.804. The Morgan fingerprint density at radius 2 is 2.06 bits per heavy atom. The highest BCUT2D eigenvalue weighted by Gasteiger charge is 2.06. The van der Waals surface area contributed by atoms with Crippen LogP contribution >= 0.6 is 0 Å². The van der Waals surface area contributed by atoms with Crippen LogP contribution in [0.3, 0.4) is 0 Å². The number of ether oxygens (including phenoxy) is 2. The van der Waals surface area contributed by atoms with Gasteiger partial charge in [-0.15, -0.1) is 0 Å². The minimum Gasteiger partial charge on any atom is -0.496 e. The maximum atomic E-state index is 5.23. The standard InChI is InChI=1S/C13H21NO2/c1-5-11(9-15-3)14-12-6-7-13(16-4)10(2)8-12/h6-8,11,14H,5,9H2,1-4H3. The first-order valence-corrected chi connectivity index (χ1v) is 5.61. The Balaban J connectivity index is 2.69. The average molecular weight is 223 g/mol. The highest BCUT2D eigenvalue weighted by molar-refractivity contribution is 5.51. The van der Waals surface area contributed by atoms with Crippen molar-refractivity contribution in [3.8, 4) is 5.75 Å². The molecule has 1 unspecified atom stereocenters. The van der Waals surface area contributed by atoms with E-state index < -0.39 is 0 Å². The molecule has 16 heavy (non-hydrogen) atoms. The molecule has 3 heteroatoms. The van der Waals surface area contributed by atoms with Crippen LogP contribution < -0.4 is 10.1 Å². The number of aryl methyl sites for hydroxylation is 1. The third kappa shape index (κ3) is 3.42. The fourth-order valence-electron chi connectivity index (χ4n) is 1.67. The van der Waals surface area contributed by atoms with E-state index in [1.54, 1.807) is 14.2 Å². The van der Waals surface area contributed by atoms with Gasteiger partial charge in [0.25, 0.3) is 0 Å². The predicted octanol–water partition coefficient (Wildman–Crippen LogP) is 2.84. The molecule has 0 amide bonds. The highest BCUT2D eigenvalue weighted by atomic mass is 16.5. The summed E-state index contributed by atoms with van der Waals surface area (Å²) in [7, 11) is 3.42. The molecule has 0 radical (unpaired) electrons. The van der Waals surface area contributed by atoms with Gasteiger partial charge in [-0.05, 0) is 37.1 Å². The lowest BCUT2D eigenvalue weighted by Crippen LogP contribution is -2.23. The van der Waals surface area contributed by atoms with E-state index >= 15 is 0 Å². The van der Waals surface area contributed by atoms with Gasteiger partial charge in [0.2, 0.25) is 0 Å². The van der Waals surface area contributed by atoms with Crippen LogP contribution in [0.2, 0.25) is 0 Å². The molecule has 0 aliphatic rings. The molecule has 1 N–H and O–H groups in total. The van der Waals surface area contributed by atoms with Crippen LogP contribution in [0.25, 0.3) is 0 Å². The fourth-order valence-corrected chi connectivity index (χ4v) is 1.67. The molecule has 0 aromatic heterocycles. The monoisotopic (exact) mass is 223 g/mol. The van der Waals surface area contributed by atoms with E-state index in [-0.39, 0.29) is 0 Å². The first kappa shape index (κ1) is 12.8. The van der Waals surface area contributed by atoms with Crippen LogP contribution in [-0.2, 0) is 4.74 Å². The second kappa shape index (κ2) is 6.38. The van der Waals surface area contributed by atoms with E-state index in [9.17, 15) is 0 Å². The number of anilines is 1. The number of nitrogens with one attached hydrogen (secondary N) is 1. The van der Waals surface area contributed by atoms with Gasteiger partial charge in [0.1, 0.15) is 5.75 Å². The molecule has 1 atom stereocenters. The van der Waals surface area contributed by atoms with Gasteiger partial charge in [-0.3, -0.25) is 0 Å². The molecule has 0 saturated carbocycles. The lowest BCUT2D eigenvalue weighted by atomic mass is 10.1. The van der Waals surface area contributed by atoms with E-state index in [4.69, 9.17) is 9.47 Å². The number of methoxy groups -OCH3 is 2. The van der Waals surface area contributed by atoms with Gasteiger partial charge in [0.05, 0.1) is 13.7 Å². The van der Waals surface area contributed by atoms with E-state index in [2.05, 4.69) is 18.3 Å². The van der Waals surface area contributed by atoms with Crippen LogP contribution in [-0.4, -0.2) is 26.9 Å². The smallest absolute Gasteiger partial charge is 0.121 e. The molecule has 1 rings (SSSR count). The minimum absolute atomic E-state index is 0.359. The summed E-state index contributed by atoms with van der Waals surface area (Å²) in [6.07, 6.45) is 1.04. The van der Waals surface area contributed by atoms with Gasteiger partial charge < -0.3 is 14.8 Å². The van der Waals surface area contributed by atoms with Crippen molar-refractivity contribution in [3.05, 3.63) is 23.8 Å². The Morgan fingerprint density at radius 3 is 2.56 bits per heavy atom. The number of hydrogen-bond donors (Lipinski definition) is 1. The Morgan fingerprint density at radius 1 is 1.31 bits per heavy atom. The molecular formula is C13H21NO2. The van der Waals surface area contributed by atoms with Crippen molar-refractivity contribution >= 4 is 5.69 Å². The molecule has 0 aliphatic carbocycles. The van der Waals surface area contributed by atoms with Gasteiger partial charge in [0, 0.05) is 18.8 Å². The summed E-state index contributed by atoms with van der Waals surface area (Å²) in [5.74, 6) is 0.922. The SMILES string of the molecule is CCC(COC)Nc1ccc(OC)c(C)c1. The lowest BCUT2D eigenvalue weighted by Gasteiger charge is -2.18. The van der Waals surface area contributed by atoms with Crippen molar-refractivity contribution < 1.29 is 9.47 Å². The molecule has 0 bridgehead atoms. The first-order chi connectivity index (χ1) is 7.71. The number of hydrogen-bond acceptors (Lipinski definition) is 3. The maximum Gasteiger partial charge on any atom is 0.121 e. The predicted molar refractivity (Wildman–Crippen MR) is 67.3 cm³/mol. The van der Waals surface area contributed by atoms with E-state index in [1.165, 1.54) is 0 Å². The van der Waals surface area contributed by atoms with Crippen molar-refractivity contribution in [1.29, 1.82) is 0 Å². The summed E-state index contributed by atoms with van der Waals surface area (Å²) in [6.45, 7) is 4.91. The summed E-state index contributed by atoms with van der Waals surface area (Å²) < 4.78 is 10.4. The van der Waals surface area contributed by atoms with Gasteiger partial charge in [-0.1, -0.05) is 6.92 Å². The van der Waals surface area contributed by atoms with Crippen LogP contribution in [0, 0.1) is 6.92 Å². The Labute approximate surface area is 97.8 Å². The van der Waals surface area contributed by atoms with Crippen molar-refractivity contribution in [2.24, 2.45) is 0 Å². The summed E-state index contributed by atoms with van der Waals surface area (Å²) in [4.78, 5) is 0. The maximum absolute atomic E-state index is 5.23. The molecule has 0 heterocycles. The van der Waals surface area contributed by atoms with Crippen molar-refractivity contribution in [3.63, 3.8) is 0 Å². The lowest BCUT2D eigenvalue weighted by molar-refractivity contribution is 0.184. The van der Waals surface area contributed by atoms with Crippen LogP contribution in [0.5, 0.6) is 5.75 Å². The normalized spacial score (nSPS) is 12.2. The van der Waals surface area contributed by atoms with Gasteiger partial charge in [-0.25, -0.2) is 0 Å². The molecule has 1 aromatic carbocycles. The Hall–Kier alpha value is -1.22. The molecule has 1 aromatic rings. The topological polar surface area (TPSA) is 30.5 Å². The van der Waals surface area contributed by atoms with Crippen LogP contribution in [0.4, 0.5) is 5.69 Å². The zero-order valence-electron chi connectivity index (χ0n) is 10.5. The van der Waals surface area contributed by atoms with Gasteiger partial charge in [0.15, 0.2) is 0 Å². The summed E-state index contributed by atoms with van der Waals surface area (Å²) in [5, 5.41) is 3.44. The Kier molecular flexibility index (Phi) is 5.12. The first-order valence-electron chi connectivity index (χ1n) is 5.61. The van der Waals surface area contributed by atoms with Crippen molar-refractivity contribution in [1.82, 2.24) is 0 Å². The van der Waals surface area contributed by atoms with Crippen molar-refractivity contribution in [2.75, 3.05) is 26.1 Å². The largest absolute Gasteiger partial charge is 0.496 e. The van der Waals surface area contributed by atoms with E-state index in [0.29, 0.717) is 6.04 Å². The fraction of sp³-hybridized carbons (Fsp3) is 0.538. The zero-order valence-corrected chi connectivity index (χ0v) is 10.5. The minimum atomic E-state index is 0.359. The number of benzene rings is 1.